The molecule has 1 heterocycles. The van der Waals surface area contributed by atoms with Gasteiger partial charge >= 0.3 is 0 Å². The third-order valence-corrected chi connectivity index (χ3v) is 12.5. The van der Waals surface area contributed by atoms with Gasteiger partial charge in [-0.3, -0.25) is 0 Å². The number of benzene rings is 2. The SMILES string of the molecule is COCO[C@H]([C@@H](CO)OCOC)[C@H]1C[C@@H](C)[C@H](CCO[Si](c2ccccc2)(c2ccccc2)C(C)(C)C)O1. The van der Waals surface area contributed by atoms with Crippen molar-refractivity contribution in [2.45, 2.75) is 70.0 Å². The molecule has 0 radical (unpaired) electrons. The lowest BCUT2D eigenvalue weighted by atomic mass is 9.96. The molecular formula is C30H46O7Si. The van der Waals surface area contributed by atoms with Gasteiger partial charge in [0.15, 0.2) is 0 Å². The van der Waals surface area contributed by atoms with E-state index in [1.54, 1.807) is 14.2 Å². The molecule has 212 valence electrons. The van der Waals surface area contributed by atoms with Crippen LogP contribution in [0.2, 0.25) is 5.04 Å². The van der Waals surface area contributed by atoms with Crippen molar-refractivity contribution in [1.82, 2.24) is 0 Å². The Morgan fingerprint density at radius 1 is 0.921 bits per heavy atom. The summed E-state index contributed by atoms with van der Waals surface area (Å²) in [6.07, 6.45) is 0.294. The molecule has 1 N–H and O–H groups in total. The third kappa shape index (κ3) is 7.31. The highest BCUT2D eigenvalue weighted by Crippen LogP contribution is 2.38. The van der Waals surface area contributed by atoms with Crippen molar-refractivity contribution >= 4 is 18.7 Å². The summed E-state index contributed by atoms with van der Waals surface area (Å²) in [6, 6.07) is 21.4. The first-order chi connectivity index (χ1) is 18.3. The Hall–Kier alpha value is -1.62. The van der Waals surface area contributed by atoms with E-state index in [0.717, 1.165) is 12.8 Å². The predicted octanol–water partition coefficient (Wildman–Crippen LogP) is 3.72. The Bertz CT molecular complexity index is 882. The fraction of sp³-hybridized carbons (Fsp3) is 0.600. The van der Waals surface area contributed by atoms with Crippen molar-refractivity contribution in [2.75, 3.05) is 41.0 Å². The summed E-state index contributed by atoms with van der Waals surface area (Å²) in [5.41, 5.74) is 0. The average Bonchev–Trinajstić information content (AvgIpc) is 3.28. The van der Waals surface area contributed by atoms with Gasteiger partial charge in [0.1, 0.15) is 25.8 Å². The van der Waals surface area contributed by atoms with Gasteiger partial charge in [-0.15, -0.1) is 0 Å². The van der Waals surface area contributed by atoms with Crippen molar-refractivity contribution in [3.05, 3.63) is 60.7 Å². The first-order valence-corrected chi connectivity index (χ1v) is 15.4. The molecule has 38 heavy (non-hydrogen) atoms. The zero-order chi connectivity index (χ0) is 27.6. The van der Waals surface area contributed by atoms with E-state index in [9.17, 15) is 5.11 Å². The maximum absolute atomic E-state index is 9.97. The highest BCUT2D eigenvalue weighted by atomic mass is 28.4. The van der Waals surface area contributed by atoms with E-state index < -0.39 is 20.5 Å². The van der Waals surface area contributed by atoms with Gasteiger partial charge < -0.3 is 33.2 Å². The molecule has 0 aromatic heterocycles. The lowest BCUT2D eigenvalue weighted by Crippen LogP contribution is -2.66. The molecule has 2 aromatic rings. The number of hydrogen-bond acceptors (Lipinski definition) is 7. The van der Waals surface area contributed by atoms with E-state index in [1.165, 1.54) is 10.4 Å². The molecule has 2 aromatic carbocycles. The Labute approximate surface area is 229 Å². The fourth-order valence-corrected chi connectivity index (χ4v) is 10.2. The van der Waals surface area contributed by atoms with Crippen LogP contribution in [-0.4, -0.2) is 78.9 Å². The standard InChI is InChI=1S/C30H46O7Si/c1-23-19-27(29(35-22-33-6)28(20-31)34-21-32-5)37-26(23)17-18-36-38(30(2,3)4,24-13-9-7-10-14-24)25-15-11-8-12-16-25/h7-16,23,26-29,31H,17-22H2,1-6H3/t23-,26+,27-,28-,29+/m1/s1. The molecule has 7 nitrogen and oxygen atoms in total. The summed E-state index contributed by atoms with van der Waals surface area (Å²) in [5, 5.41) is 12.4. The maximum atomic E-state index is 9.97. The molecule has 1 aliphatic heterocycles. The van der Waals surface area contributed by atoms with Gasteiger partial charge in [-0.1, -0.05) is 88.4 Å². The van der Waals surface area contributed by atoms with Crippen molar-refractivity contribution in [3.8, 4) is 0 Å². The number of aliphatic hydroxyl groups excluding tert-OH is 1. The lowest BCUT2D eigenvalue weighted by molar-refractivity contribution is -0.199. The fourth-order valence-electron chi connectivity index (χ4n) is 5.59. The van der Waals surface area contributed by atoms with Gasteiger partial charge in [0, 0.05) is 20.8 Å². The van der Waals surface area contributed by atoms with Gasteiger partial charge in [-0.05, 0) is 34.2 Å². The van der Waals surface area contributed by atoms with Gasteiger partial charge in [0.05, 0.1) is 18.8 Å². The van der Waals surface area contributed by atoms with Gasteiger partial charge in [0.2, 0.25) is 0 Å². The highest BCUT2D eigenvalue weighted by Gasteiger charge is 2.50. The summed E-state index contributed by atoms with van der Waals surface area (Å²) in [6.45, 7) is 9.61. The summed E-state index contributed by atoms with van der Waals surface area (Å²) in [5.74, 6) is 0.304. The number of methoxy groups -OCH3 is 2. The second kappa shape index (κ2) is 14.7. The van der Waals surface area contributed by atoms with Crippen LogP contribution in [-0.2, 0) is 28.1 Å². The van der Waals surface area contributed by atoms with Crippen molar-refractivity contribution < 1.29 is 33.2 Å². The molecule has 0 unspecified atom stereocenters. The van der Waals surface area contributed by atoms with Crippen LogP contribution in [0.1, 0.15) is 40.5 Å². The molecule has 0 saturated carbocycles. The number of hydrogen-bond donors (Lipinski definition) is 1. The molecule has 0 aliphatic carbocycles. The van der Waals surface area contributed by atoms with Gasteiger partial charge in [-0.25, -0.2) is 0 Å². The lowest BCUT2D eigenvalue weighted by Gasteiger charge is -2.43. The van der Waals surface area contributed by atoms with Crippen LogP contribution >= 0.6 is 0 Å². The molecule has 1 fully saturated rings. The molecule has 5 atom stereocenters. The summed E-state index contributed by atoms with van der Waals surface area (Å²) < 4.78 is 35.4. The molecule has 1 aliphatic rings. The van der Waals surface area contributed by atoms with E-state index in [-0.39, 0.29) is 37.4 Å². The number of rotatable bonds is 15. The van der Waals surface area contributed by atoms with E-state index in [0.29, 0.717) is 12.5 Å². The van der Waals surface area contributed by atoms with E-state index in [4.69, 9.17) is 28.1 Å². The van der Waals surface area contributed by atoms with Crippen LogP contribution in [0.4, 0.5) is 0 Å². The van der Waals surface area contributed by atoms with Crippen LogP contribution in [0, 0.1) is 5.92 Å². The maximum Gasteiger partial charge on any atom is 0.261 e. The zero-order valence-electron chi connectivity index (χ0n) is 23.8. The first-order valence-electron chi connectivity index (χ1n) is 13.5. The van der Waals surface area contributed by atoms with Crippen molar-refractivity contribution in [3.63, 3.8) is 0 Å². The van der Waals surface area contributed by atoms with Crippen LogP contribution in [0.15, 0.2) is 60.7 Å². The minimum Gasteiger partial charge on any atom is -0.407 e. The van der Waals surface area contributed by atoms with Crippen LogP contribution in [0.25, 0.3) is 0 Å². The van der Waals surface area contributed by atoms with Crippen molar-refractivity contribution in [2.24, 2.45) is 5.92 Å². The Morgan fingerprint density at radius 2 is 1.47 bits per heavy atom. The Balaban J connectivity index is 1.77. The van der Waals surface area contributed by atoms with Gasteiger partial charge in [-0.2, -0.15) is 0 Å². The van der Waals surface area contributed by atoms with E-state index in [1.807, 2.05) is 0 Å². The minimum absolute atomic E-state index is 0.00799. The minimum atomic E-state index is -2.60. The second-order valence-corrected chi connectivity index (χ2v) is 15.4. The smallest absolute Gasteiger partial charge is 0.261 e. The van der Waals surface area contributed by atoms with Crippen LogP contribution in [0.5, 0.6) is 0 Å². The normalized spacial score (nSPS) is 21.9. The summed E-state index contributed by atoms with van der Waals surface area (Å²) in [4.78, 5) is 0. The monoisotopic (exact) mass is 546 g/mol. The van der Waals surface area contributed by atoms with Crippen LogP contribution < -0.4 is 10.4 Å². The molecule has 1 saturated heterocycles. The van der Waals surface area contributed by atoms with E-state index in [2.05, 4.69) is 88.4 Å². The second-order valence-electron chi connectivity index (χ2n) is 11.1. The Kier molecular flexibility index (Phi) is 11.9. The van der Waals surface area contributed by atoms with E-state index >= 15 is 0 Å². The highest BCUT2D eigenvalue weighted by molar-refractivity contribution is 6.99. The molecular weight excluding hydrogens is 500 g/mol. The quantitative estimate of drug-likeness (QED) is 0.270. The first kappa shape index (κ1) is 30.9. The average molecular weight is 547 g/mol. The predicted molar refractivity (Wildman–Crippen MR) is 151 cm³/mol. The van der Waals surface area contributed by atoms with Crippen LogP contribution in [0.3, 0.4) is 0 Å². The number of ether oxygens (including phenoxy) is 5. The van der Waals surface area contributed by atoms with Gasteiger partial charge in [0.25, 0.3) is 8.32 Å². The Morgan fingerprint density at radius 3 is 1.97 bits per heavy atom. The molecule has 3 rings (SSSR count). The number of aliphatic hydroxyl groups is 1. The summed E-state index contributed by atoms with van der Waals surface area (Å²) in [7, 11) is 0.523. The largest absolute Gasteiger partial charge is 0.407 e. The molecule has 8 heteroatoms. The topological polar surface area (TPSA) is 75.6 Å². The molecule has 0 bridgehead atoms. The molecule has 0 spiro atoms. The third-order valence-electron chi connectivity index (χ3n) is 7.42. The molecule has 0 amide bonds. The zero-order valence-corrected chi connectivity index (χ0v) is 24.8. The summed E-state index contributed by atoms with van der Waals surface area (Å²) >= 11 is 0. The van der Waals surface area contributed by atoms with Crippen molar-refractivity contribution in [1.29, 1.82) is 0 Å².